The van der Waals surface area contributed by atoms with Gasteiger partial charge in [0.05, 0.1) is 16.8 Å². The minimum absolute atomic E-state index is 0.269. The number of amides is 1. The number of nitrogens with one attached hydrogen (secondary N) is 1. The van der Waals surface area contributed by atoms with Crippen LogP contribution in [0.5, 0.6) is 0 Å². The number of nitrogens with zero attached hydrogens (tertiary/aromatic N) is 4. The number of benzene rings is 3. The van der Waals surface area contributed by atoms with Crippen molar-refractivity contribution >= 4 is 29.4 Å². The Hall–Kier alpha value is -3.77. The van der Waals surface area contributed by atoms with E-state index in [1.807, 2.05) is 48.5 Å². The second-order valence-corrected chi connectivity index (χ2v) is 6.58. The van der Waals surface area contributed by atoms with Gasteiger partial charge in [-0.1, -0.05) is 66.2 Å². The van der Waals surface area contributed by atoms with E-state index in [1.165, 1.54) is 0 Å². The van der Waals surface area contributed by atoms with Gasteiger partial charge in [0, 0.05) is 11.3 Å². The fourth-order valence-electron chi connectivity index (χ4n) is 2.76. The molecule has 0 radical (unpaired) electrons. The zero-order valence-corrected chi connectivity index (χ0v) is 16.0. The molecule has 4 rings (SSSR count). The molecule has 1 aromatic heterocycles. The first-order chi connectivity index (χ1) is 14.2. The normalized spacial score (nSPS) is 10.9. The third-order valence-corrected chi connectivity index (χ3v) is 4.49. The highest BCUT2D eigenvalue weighted by Crippen LogP contribution is 2.18. The lowest BCUT2D eigenvalue weighted by Crippen LogP contribution is -2.12. The average Bonchev–Trinajstić information content (AvgIpc) is 3.22. The van der Waals surface area contributed by atoms with Gasteiger partial charge in [0.25, 0.3) is 5.91 Å². The molecular weight excluding hydrogens is 386 g/mol. The van der Waals surface area contributed by atoms with Crippen LogP contribution in [-0.2, 0) is 0 Å². The fourth-order valence-corrected chi connectivity index (χ4v) is 2.98. The maximum absolute atomic E-state index is 12.4. The van der Waals surface area contributed by atoms with E-state index >= 15 is 0 Å². The van der Waals surface area contributed by atoms with Crippen LogP contribution in [-0.4, -0.2) is 27.0 Å². The molecule has 0 aliphatic heterocycles. The summed E-state index contributed by atoms with van der Waals surface area (Å²) in [7, 11) is 0. The molecule has 7 heteroatoms. The summed E-state index contributed by atoms with van der Waals surface area (Å²) in [6, 6.07) is 24.0. The molecule has 1 heterocycles. The molecule has 29 heavy (non-hydrogen) atoms. The minimum Gasteiger partial charge on any atom is -0.322 e. The van der Waals surface area contributed by atoms with E-state index in [0.29, 0.717) is 22.1 Å². The number of carbonyl (C=O) groups is 1. The van der Waals surface area contributed by atoms with Crippen molar-refractivity contribution in [3.05, 3.63) is 101 Å². The zero-order chi connectivity index (χ0) is 20.1. The topological polar surface area (TPSA) is 72.2 Å². The van der Waals surface area contributed by atoms with Gasteiger partial charge in [0.15, 0.2) is 5.82 Å². The van der Waals surface area contributed by atoms with Gasteiger partial charge in [-0.3, -0.25) is 4.79 Å². The lowest BCUT2D eigenvalue weighted by Gasteiger charge is -2.07. The largest absolute Gasteiger partial charge is 0.322 e. The van der Waals surface area contributed by atoms with E-state index in [-0.39, 0.29) is 5.91 Å². The van der Waals surface area contributed by atoms with Crippen LogP contribution < -0.4 is 5.32 Å². The molecule has 0 bridgehead atoms. The molecule has 0 fully saturated rings. The minimum atomic E-state index is -0.269. The summed E-state index contributed by atoms with van der Waals surface area (Å²) in [5.41, 5.74) is 2.80. The van der Waals surface area contributed by atoms with E-state index < -0.39 is 0 Å². The van der Waals surface area contributed by atoms with Crippen molar-refractivity contribution in [2.75, 3.05) is 5.32 Å². The fraction of sp³-hybridized carbons (Fsp3) is 0. The van der Waals surface area contributed by atoms with Crippen LogP contribution in [0.1, 0.15) is 15.9 Å². The van der Waals surface area contributed by atoms with Crippen molar-refractivity contribution in [1.29, 1.82) is 0 Å². The number of halogens is 1. The summed E-state index contributed by atoms with van der Waals surface area (Å²) in [4.78, 5) is 12.4. The zero-order valence-electron chi connectivity index (χ0n) is 15.2. The second-order valence-electron chi connectivity index (χ2n) is 6.17. The van der Waals surface area contributed by atoms with Gasteiger partial charge in [0.1, 0.15) is 6.33 Å². The lowest BCUT2D eigenvalue weighted by molar-refractivity contribution is 0.102. The third-order valence-electron chi connectivity index (χ3n) is 4.16. The Labute approximate surface area is 172 Å². The van der Waals surface area contributed by atoms with Crippen molar-refractivity contribution in [3.63, 3.8) is 0 Å². The average molecular weight is 402 g/mol. The summed E-state index contributed by atoms with van der Waals surface area (Å²) in [6.45, 7) is 0. The van der Waals surface area contributed by atoms with Gasteiger partial charge in [-0.2, -0.15) is 9.78 Å². The predicted molar refractivity (Wildman–Crippen MR) is 114 cm³/mol. The molecule has 0 aliphatic carbocycles. The number of anilines is 1. The summed E-state index contributed by atoms with van der Waals surface area (Å²) >= 11 is 6.09. The van der Waals surface area contributed by atoms with Crippen LogP contribution in [0.25, 0.3) is 11.4 Å². The van der Waals surface area contributed by atoms with Crippen molar-refractivity contribution in [1.82, 2.24) is 14.9 Å². The van der Waals surface area contributed by atoms with Gasteiger partial charge in [0.2, 0.25) is 0 Å². The van der Waals surface area contributed by atoms with Crippen LogP contribution in [0.2, 0.25) is 5.02 Å². The summed E-state index contributed by atoms with van der Waals surface area (Å²) in [6.07, 6.45) is 3.23. The first kappa shape index (κ1) is 18.6. The molecule has 0 atom stereocenters. The Morgan fingerprint density at radius 1 is 1.00 bits per heavy atom. The quantitative estimate of drug-likeness (QED) is 0.491. The van der Waals surface area contributed by atoms with Gasteiger partial charge >= 0.3 is 0 Å². The summed E-state index contributed by atoms with van der Waals surface area (Å²) < 4.78 is 1.60. The van der Waals surface area contributed by atoms with Gasteiger partial charge in [-0.25, -0.2) is 0 Å². The van der Waals surface area contributed by atoms with E-state index in [4.69, 9.17) is 11.6 Å². The van der Waals surface area contributed by atoms with E-state index in [1.54, 1.807) is 47.5 Å². The lowest BCUT2D eigenvalue weighted by atomic mass is 10.2. The monoisotopic (exact) mass is 401 g/mol. The highest BCUT2D eigenvalue weighted by Gasteiger charge is 2.10. The first-order valence-corrected chi connectivity index (χ1v) is 9.24. The molecule has 142 valence electrons. The van der Waals surface area contributed by atoms with Gasteiger partial charge < -0.3 is 5.32 Å². The third kappa shape index (κ3) is 4.39. The summed E-state index contributed by atoms with van der Waals surface area (Å²) in [5.74, 6) is 0.375. The highest BCUT2D eigenvalue weighted by atomic mass is 35.5. The molecule has 1 amide bonds. The molecule has 0 aliphatic rings. The van der Waals surface area contributed by atoms with E-state index in [0.717, 1.165) is 11.1 Å². The highest BCUT2D eigenvalue weighted by molar-refractivity contribution is 6.34. The first-order valence-electron chi connectivity index (χ1n) is 8.86. The Bertz CT molecular complexity index is 1170. The molecule has 3 aromatic carbocycles. The van der Waals surface area contributed by atoms with E-state index in [9.17, 15) is 4.79 Å². The molecule has 0 unspecified atom stereocenters. The Morgan fingerprint density at radius 2 is 1.79 bits per heavy atom. The molecule has 0 saturated heterocycles. The van der Waals surface area contributed by atoms with Crippen molar-refractivity contribution in [3.8, 4) is 11.4 Å². The maximum atomic E-state index is 12.4. The molecule has 1 N–H and O–H groups in total. The number of carbonyl (C=O) groups excluding carboxylic acids is 1. The Kier molecular flexibility index (Phi) is 5.45. The van der Waals surface area contributed by atoms with Crippen molar-refractivity contribution in [2.45, 2.75) is 0 Å². The van der Waals surface area contributed by atoms with Gasteiger partial charge in [-0.05, 0) is 29.8 Å². The number of rotatable bonds is 5. The van der Waals surface area contributed by atoms with E-state index in [2.05, 4.69) is 20.6 Å². The number of hydrogen-bond donors (Lipinski definition) is 1. The maximum Gasteiger partial charge on any atom is 0.257 e. The Balaban J connectivity index is 1.52. The number of aromatic nitrogens is 3. The Morgan fingerprint density at radius 3 is 2.62 bits per heavy atom. The second kappa shape index (κ2) is 8.50. The summed E-state index contributed by atoms with van der Waals surface area (Å²) in [5, 5.41) is 15.8. The van der Waals surface area contributed by atoms with Crippen LogP contribution >= 0.6 is 11.6 Å². The van der Waals surface area contributed by atoms with Crippen LogP contribution in [0.3, 0.4) is 0 Å². The van der Waals surface area contributed by atoms with Gasteiger partial charge in [-0.15, -0.1) is 10.2 Å². The molecule has 4 aromatic rings. The standard InChI is InChI=1S/C22H16ClN5O/c23-20-12-5-4-11-19(20)22(29)26-18-10-6-7-16(13-18)14-25-28-15-24-27-21(28)17-8-2-1-3-9-17/h1-15H,(H,26,29)/b25-14-. The SMILES string of the molecule is O=C(Nc1cccc(/C=N\n2cnnc2-c2ccccc2)c1)c1ccccc1Cl. The van der Waals surface area contributed by atoms with Crippen LogP contribution in [0, 0.1) is 0 Å². The predicted octanol–water partition coefficient (Wildman–Crippen LogP) is 4.73. The smallest absolute Gasteiger partial charge is 0.257 e. The molecule has 6 nitrogen and oxygen atoms in total. The number of hydrogen-bond acceptors (Lipinski definition) is 4. The van der Waals surface area contributed by atoms with Crippen LogP contribution in [0.4, 0.5) is 5.69 Å². The van der Waals surface area contributed by atoms with Crippen LogP contribution in [0.15, 0.2) is 90.3 Å². The molecular formula is C22H16ClN5O. The van der Waals surface area contributed by atoms with Crippen molar-refractivity contribution < 1.29 is 4.79 Å². The molecule has 0 spiro atoms. The molecule has 0 saturated carbocycles. The van der Waals surface area contributed by atoms with Crippen molar-refractivity contribution in [2.24, 2.45) is 5.10 Å².